The van der Waals surface area contributed by atoms with Crippen molar-refractivity contribution in [2.24, 2.45) is 12.1 Å². The molecule has 3 N–H and O–H groups in total. The van der Waals surface area contributed by atoms with Gasteiger partial charge < -0.3 is 15.0 Å². The van der Waals surface area contributed by atoms with Gasteiger partial charge in [0.1, 0.15) is 6.33 Å². The number of hydrazone groups is 1. The highest BCUT2D eigenvalue weighted by molar-refractivity contribution is 7.98. The van der Waals surface area contributed by atoms with Crippen molar-refractivity contribution in [2.75, 3.05) is 12.8 Å². The summed E-state index contributed by atoms with van der Waals surface area (Å²) in [5, 5.41) is 27.5. The van der Waals surface area contributed by atoms with E-state index in [4.69, 9.17) is 10.5 Å². The molecule has 174 valence electrons. The lowest BCUT2D eigenvalue weighted by atomic mass is 10.1. The fourth-order valence-electron chi connectivity index (χ4n) is 2.77. The molecule has 0 saturated carbocycles. The zero-order chi connectivity index (χ0) is 24.1. The van der Waals surface area contributed by atoms with Gasteiger partial charge in [0.15, 0.2) is 10.9 Å². The molecule has 34 heavy (non-hydrogen) atoms. The molecule has 3 aromatic heterocycles. The molecule has 0 aliphatic carbocycles. The molecular formula is C18H17N11O4S. The second-order valence-corrected chi connectivity index (χ2v) is 7.50. The number of hydrogen-bond donors (Lipinski definition) is 2. The number of nitrogen functional groups attached to an aromatic ring is 1. The van der Waals surface area contributed by atoms with E-state index in [9.17, 15) is 9.59 Å². The molecular weight excluding hydrogens is 466 g/mol. The Balaban J connectivity index is 1.58. The molecule has 0 spiro atoms. The van der Waals surface area contributed by atoms with Crippen LogP contribution in [-0.4, -0.2) is 65.3 Å². The average molecular weight is 483 g/mol. The molecule has 15 nitrogen and oxygen atoms in total. The number of ether oxygens (including phenoxy) is 1. The Morgan fingerprint density at radius 3 is 2.82 bits per heavy atom. The number of esters is 1. The van der Waals surface area contributed by atoms with Crippen LogP contribution in [0.2, 0.25) is 0 Å². The van der Waals surface area contributed by atoms with Crippen LogP contribution in [0.15, 0.2) is 45.5 Å². The molecule has 0 atom stereocenters. The minimum absolute atomic E-state index is 0.0285. The Morgan fingerprint density at radius 1 is 1.29 bits per heavy atom. The number of thioether (sulfide) groups is 1. The zero-order valence-corrected chi connectivity index (χ0v) is 18.6. The number of hydrogen-bond acceptors (Lipinski definition) is 13. The number of rotatable bonds is 8. The maximum absolute atomic E-state index is 12.9. The van der Waals surface area contributed by atoms with Gasteiger partial charge in [-0.1, -0.05) is 35.2 Å². The van der Waals surface area contributed by atoms with Crippen LogP contribution in [0.3, 0.4) is 0 Å². The molecule has 1 amide bonds. The quantitative estimate of drug-likeness (QED) is 0.150. The number of benzene rings is 1. The molecule has 3 heterocycles. The van der Waals surface area contributed by atoms with Crippen molar-refractivity contribution in [2.45, 2.75) is 10.9 Å². The first kappa shape index (κ1) is 22.6. The highest BCUT2D eigenvalue weighted by Gasteiger charge is 2.24. The van der Waals surface area contributed by atoms with Crippen molar-refractivity contribution in [3.8, 4) is 5.82 Å². The fourth-order valence-corrected chi connectivity index (χ4v) is 3.65. The number of aromatic nitrogens is 8. The van der Waals surface area contributed by atoms with Crippen molar-refractivity contribution in [3.63, 3.8) is 0 Å². The number of nitrogens with one attached hydrogen (secondary N) is 1. The molecule has 0 unspecified atom stereocenters. The van der Waals surface area contributed by atoms with Crippen molar-refractivity contribution < 1.29 is 19.0 Å². The van der Waals surface area contributed by atoms with Crippen LogP contribution in [0.25, 0.3) is 5.82 Å². The van der Waals surface area contributed by atoms with E-state index in [0.29, 0.717) is 22.0 Å². The van der Waals surface area contributed by atoms with Crippen LogP contribution < -0.4 is 11.2 Å². The van der Waals surface area contributed by atoms with Gasteiger partial charge in [0, 0.05) is 18.4 Å². The van der Waals surface area contributed by atoms with Crippen molar-refractivity contribution in [1.29, 1.82) is 0 Å². The maximum atomic E-state index is 12.9. The fraction of sp³-hybridized carbons (Fsp3) is 0.167. The average Bonchev–Trinajstić information content (AvgIpc) is 3.56. The smallest absolute Gasteiger partial charge is 0.338 e. The molecule has 0 bridgehead atoms. The molecule has 0 aliphatic heterocycles. The van der Waals surface area contributed by atoms with Gasteiger partial charge in [-0.25, -0.2) is 14.8 Å². The van der Waals surface area contributed by atoms with Gasteiger partial charge in [-0.15, -0.1) is 15.3 Å². The van der Waals surface area contributed by atoms with Crippen molar-refractivity contribution >= 4 is 35.7 Å². The molecule has 16 heteroatoms. The van der Waals surface area contributed by atoms with E-state index < -0.39 is 11.9 Å². The van der Waals surface area contributed by atoms with Gasteiger partial charge in [-0.2, -0.15) is 9.78 Å². The summed E-state index contributed by atoms with van der Waals surface area (Å²) >= 11 is 1.29. The number of nitrogens with zero attached hydrogens (tertiary/aromatic N) is 9. The predicted molar refractivity (Wildman–Crippen MR) is 117 cm³/mol. The van der Waals surface area contributed by atoms with Crippen molar-refractivity contribution in [3.05, 3.63) is 53.1 Å². The molecule has 4 aromatic rings. The minimum atomic E-state index is -0.651. The number of carbonyl (C=O) groups is 2. The summed E-state index contributed by atoms with van der Waals surface area (Å²) in [7, 11) is 3.06. The lowest BCUT2D eigenvalue weighted by molar-refractivity contribution is 0.0600. The summed E-state index contributed by atoms with van der Waals surface area (Å²) in [6, 6.07) is 6.64. The summed E-state index contributed by atoms with van der Waals surface area (Å²) in [5.74, 6) is -0.918. The Labute approximate surface area is 195 Å². The van der Waals surface area contributed by atoms with Crippen LogP contribution in [0.4, 0.5) is 5.82 Å². The Hall–Kier alpha value is -4.60. The van der Waals surface area contributed by atoms with E-state index in [1.807, 2.05) is 0 Å². The Kier molecular flexibility index (Phi) is 6.58. The SMILES string of the molecule is COC(=O)c1ccccc1/C=N/NC(=O)c1nnn(-c2nonc2N)c1CSc1nncn1C. The highest BCUT2D eigenvalue weighted by atomic mass is 32.2. The predicted octanol–water partition coefficient (Wildman–Crippen LogP) is 0.204. The normalized spacial score (nSPS) is 11.1. The first-order valence-corrected chi connectivity index (χ1v) is 10.5. The van der Waals surface area contributed by atoms with Gasteiger partial charge in [0.05, 0.1) is 24.6 Å². The summed E-state index contributed by atoms with van der Waals surface area (Å²) < 4.78 is 12.4. The van der Waals surface area contributed by atoms with E-state index in [1.165, 1.54) is 29.8 Å². The molecule has 0 radical (unpaired) electrons. The van der Waals surface area contributed by atoms with Gasteiger partial charge in [0.2, 0.25) is 11.6 Å². The monoisotopic (exact) mass is 483 g/mol. The minimum Gasteiger partial charge on any atom is -0.465 e. The first-order valence-electron chi connectivity index (χ1n) is 9.50. The Bertz CT molecular complexity index is 1360. The van der Waals surface area contributed by atoms with Crippen LogP contribution in [-0.2, 0) is 17.5 Å². The molecule has 0 aliphatic rings. The number of carbonyl (C=O) groups excluding carboxylic acids is 2. The topological polar surface area (TPSA) is 194 Å². The largest absolute Gasteiger partial charge is 0.465 e. The van der Waals surface area contributed by atoms with Crippen molar-refractivity contribution in [1.82, 2.24) is 45.5 Å². The lowest BCUT2D eigenvalue weighted by Crippen LogP contribution is -2.20. The molecule has 4 rings (SSSR count). The zero-order valence-electron chi connectivity index (χ0n) is 17.8. The van der Waals surface area contributed by atoms with Gasteiger partial charge in [0.25, 0.3) is 5.91 Å². The van der Waals surface area contributed by atoms with Gasteiger partial charge in [-0.05, 0) is 16.4 Å². The molecule has 0 saturated heterocycles. The number of nitrogens with two attached hydrogens (primary N) is 1. The third-order valence-electron chi connectivity index (χ3n) is 4.42. The Morgan fingerprint density at radius 2 is 2.12 bits per heavy atom. The maximum Gasteiger partial charge on any atom is 0.338 e. The molecule has 1 aromatic carbocycles. The molecule has 0 fully saturated rings. The number of anilines is 1. The summed E-state index contributed by atoms with van der Waals surface area (Å²) in [5.41, 5.74) is 9.23. The summed E-state index contributed by atoms with van der Waals surface area (Å²) in [4.78, 5) is 24.8. The van der Waals surface area contributed by atoms with Gasteiger partial charge in [-0.3, -0.25) is 4.79 Å². The number of methoxy groups -OCH3 is 1. The van der Waals surface area contributed by atoms with E-state index >= 15 is 0 Å². The summed E-state index contributed by atoms with van der Waals surface area (Å²) in [6.07, 6.45) is 2.87. The second kappa shape index (κ2) is 9.90. The number of amides is 1. The van der Waals surface area contributed by atoms with Crippen LogP contribution in [0.1, 0.15) is 32.1 Å². The standard InChI is InChI=1S/C18H17N11O4S/c1-28-9-21-24-18(28)34-8-12-13(22-27-29(12)15-14(19)25-33-26-15)16(30)23-20-7-10-5-3-4-6-11(10)17(31)32-2/h3-7,9H,8H2,1-2H3,(H2,19,25)(H,23,30)/b20-7+. The third kappa shape index (κ3) is 4.60. The van der Waals surface area contributed by atoms with Gasteiger partial charge >= 0.3 is 5.97 Å². The first-order chi connectivity index (χ1) is 16.5. The lowest BCUT2D eigenvalue weighted by Gasteiger charge is -2.05. The summed E-state index contributed by atoms with van der Waals surface area (Å²) in [6.45, 7) is 0. The van der Waals surface area contributed by atoms with E-state index in [0.717, 1.165) is 0 Å². The second-order valence-electron chi connectivity index (χ2n) is 6.56. The van der Waals surface area contributed by atoms with Crippen LogP contribution in [0, 0.1) is 0 Å². The number of aryl methyl sites for hydroxylation is 1. The van der Waals surface area contributed by atoms with Crippen LogP contribution >= 0.6 is 11.8 Å². The highest BCUT2D eigenvalue weighted by Crippen LogP contribution is 2.24. The van der Waals surface area contributed by atoms with E-state index in [-0.39, 0.29) is 23.1 Å². The van der Waals surface area contributed by atoms with Crippen LogP contribution in [0.5, 0.6) is 0 Å². The van der Waals surface area contributed by atoms with E-state index in [1.54, 1.807) is 42.2 Å². The van der Waals surface area contributed by atoms with E-state index in [2.05, 4.69) is 46.0 Å². The third-order valence-corrected chi connectivity index (χ3v) is 5.46.